The van der Waals surface area contributed by atoms with Gasteiger partial charge in [-0.1, -0.05) is 40.7 Å². The topological polar surface area (TPSA) is 9.23 Å². The molecule has 0 heterocycles. The van der Waals surface area contributed by atoms with Crippen molar-refractivity contribution < 1.29 is 4.43 Å². The van der Waals surface area contributed by atoms with Gasteiger partial charge in [-0.05, 0) is 63.6 Å². The molecule has 0 aromatic carbocycles. The highest BCUT2D eigenvalue weighted by molar-refractivity contribution is 14.1. The van der Waals surface area contributed by atoms with Crippen molar-refractivity contribution in [3.8, 4) is 0 Å². The molecule has 102 valence electrons. The summed E-state index contributed by atoms with van der Waals surface area (Å²) in [6.45, 7) is 18.2. The molecule has 0 aromatic heterocycles. The van der Waals surface area contributed by atoms with Gasteiger partial charge >= 0.3 is 0 Å². The van der Waals surface area contributed by atoms with Crippen LogP contribution in [0.5, 0.6) is 0 Å². The standard InChI is InChI=1S/C14H29IOSi/c1-9-13(11(2)10-12(3)15)16-17(7,8)14(4,5)6/h10-11,13H,9H2,1-8H3/b12-10+/t11-,13+/m1/s1. The summed E-state index contributed by atoms with van der Waals surface area (Å²) in [6, 6.07) is 0. The highest BCUT2D eigenvalue weighted by Crippen LogP contribution is 2.38. The lowest BCUT2D eigenvalue weighted by molar-refractivity contribution is 0.141. The van der Waals surface area contributed by atoms with Crippen LogP contribution < -0.4 is 0 Å². The smallest absolute Gasteiger partial charge is 0.192 e. The Hall–Kier alpha value is 0.647. The third-order valence-corrected chi connectivity index (χ3v) is 8.60. The summed E-state index contributed by atoms with van der Waals surface area (Å²) in [4.78, 5) is 0. The predicted molar refractivity (Wildman–Crippen MR) is 89.3 cm³/mol. The van der Waals surface area contributed by atoms with Crippen LogP contribution in [0.1, 0.15) is 48.0 Å². The first-order valence-electron chi connectivity index (χ1n) is 6.53. The lowest BCUT2D eigenvalue weighted by Crippen LogP contribution is -2.45. The van der Waals surface area contributed by atoms with E-state index in [0.717, 1.165) is 6.42 Å². The Morgan fingerprint density at radius 2 is 1.82 bits per heavy atom. The molecule has 3 heteroatoms. The van der Waals surface area contributed by atoms with Gasteiger partial charge < -0.3 is 4.43 Å². The van der Waals surface area contributed by atoms with Crippen molar-refractivity contribution in [1.82, 2.24) is 0 Å². The largest absolute Gasteiger partial charge is 0.413 e. The number of hydrogen-bond acceptors (Lipinski definition) is 1. The average molecular weight is 368 g/mol. The van der Waals surface area contributed by atoms with Crippen LogP contribution in [0.3, 0.4) is 0 Å². The summed E-state index contributed by atoms with van der Waals surface area (Å²) < 4.78 is 7.86. The van der Waals surface area contributed by atoms with Gasteiger partial charge in [0.25, 0.3) is 0 Å². The summed E-state index contributed by atoms with van der Waals surface area (Å²) in [5.74, 6) is 0.506. The van der Waals surface area contributed by atoms with Gasteiger partial charge in [-0.2, -0.15) is 0 Å². The highest BCUT2D eigenvalue weighted by Gasteiger charge is 2.39. The van der Waals surface area contributed by atoms with Gasteiger partial charge in [0.15, 0.2) is 8.32 Å². The van der Waals surface area contributed by atoms with E-state index in [1.165, 1.54) is 3.58 Å². The van der Waals surface area contributed by atoms with Crippen LogP contribution in [0.15, 0.2) is 9.66 Å². The normalized spacial score (nSPS) is 18.1. The van der Waals surface area contributed by atoms with Gasteiger partial charge in [0, 0.05) is 0 Å². The Labute approximate surface area is 123 Å². The number of allylic oxidation sites excluding steroid dienone is 1. The summed E-state index contributed by atoms with van der Waals surface area (Å²) in [7, 11) is -1.63. The fourth-order valence-corrected chi connectivity index (χ4v) is 3.65. The molecule has 0 rings (SSSR count). The van der Waals surface area contributed by atoms with Gasteiger partial charge in [0.05, 0.1) is 6.10 Å². The van der Waals surface area contributed by atoms with E-state index in [4.69, 9.17) is 4.43 Å². The molecule has 0 bridgehead atoms. The zero-order valence-corrected chi connectivity index (χ0v) is 15.9. The van der Waals surface area contributed by atoms with E-state index in [2.05, 4.69) is 83.3 Å². The quantitative estimate of drug-likeness (QED) is 0.443. The summed E-state index contributed by atoms with van der Waals surface area (Å²) in [5.41, 5.74) is 0. The van der Waals surface area contributed by atoms with Gasteiger partial charge in [-0.15, -0.1) is 0 Å². The molecule has 17 heavy (non-hydrogen) atoms. The van der Waals surface area contributed by atoms with Crippen LogP contribution in [0, 0.1) is 5.92 Å². The maximum absolute atomic E-state index is 6.51. The van der Waals surface area contributed by atoms with E-state index in [1.54, 1.807) is 0 Å². The van der Waals surface area contributed by atoms with Crippen LogP contribution >= 0.6 is 22.6 Å². The van der Waals surface area contributed by atoms with Gasteiger partial charge in [-0.25, -0.2) is 0 Å². The van der Waals surface area contributed by atoms with Crippen LogP contribution in [0.2, 0.25) is 18.1 Å². The predicted octanol–water partition coefficient (Wildman–Crippen LogP) is 5.76. The van der Waals surface area contributed by atoms with E-state index >= 15 is 0 Å². The maximum Gasteiger partial charge on any atom is 0.192 e. The number of rotatable bonds is 5. The molecule has 0 fully saturated rings. The van der Waals surface area contributed by atoms with Crippen LogP contribution in [0.25, 0.3) is 0 Å². The molecule has 0 saturated carbocycles. The zero-order valence-electron chi connectivity index (χ0n) is 12.7. The van der Waals surface area contributed by atoms with Gasteiger partial charge in [-0.3, -0.25) is 0 Å². The number of halogens is 1. The Morgan fingerprint density at radius 3 is 2.12 bits per heavy atom. The van der Waals surface area contributed by atoms with Crippen LogP contribution in [0.4, 0.5) is 0 Å². The Bertz CT molecular complexity index is 262. The van der Waals surface area contributed by atoms with Crippen molar-refractivity contribution in [3.05, 3.63) is 9.66 Å². The summed E-state index contributed by atoms with van der Waals surface area (Å²) in [5, 5.41) is 0.295. The minimum absolute atomic E-state index is 0.295. The van der Waals surface area contributed by atoms with Gasteiger partial charge in [0.1, 0.15) is 0 Å². The molecule has 0 spiro atoms. The molecule has 0 aliphatic heterocycles. The second-order valence-corrected chi connectivity index (χ2v) is 12.9. The fraction of sp³-hybridized carbons (Fsp3) is 0.857. The zero-order chi connectivity index (χ0) is 13.9. The van der Waals surface area contributed by atoms with Crippen molar-refractivity contribution >= 4 is 30.9 Å². The van der Waals surface area contributed by atoms with Crippen molar-refractivity contribution in [2.24, 2.45) is 5.92 Å². The van der Waals surface area contributed by atoms with E-state index in [0.29, 0.717) is 17.1 Å². The van der Waals surface area contributed by atoms with Crippen molar-refractivity contribution in [1.29, 1.82) is 0 Å². The Kier molecular flexibility index (Phi) is 6.96. The molecule has 0 unspecified atom stereocenters. The summed E-state index contributed by atoms with van der Waals surface area (Å²) >= 11 is 2.38. The fourth-order valence-electron chi connectivity index (χ4n) is 1.59. The van der Waals surface area contributed by atoms with Crippen molar-refractivity contribution in [2.45, 2.75) is 72.2 Å². The van der Waals surface area contributed by atoms with Crippen LogP contribution in [-0.4, -0.2) is 14.4 Å². The molecule has 0 aliphatic rings. The first kappa shape index (κ1) is 17.6. The average Bonchev–Trinajstić information content (AvgIpc) is 2.10. The van der Waals surface area contributed by atoms with Crippen molar-refractivity contribution in [2.75, 3.05) is 0 Å². The monoisotopic (exact) mass is 368 g/mol. The minimum Gasteiger partial charge on any atom is -0.413 e. The molecule has 2 atom stereocenters. The molecule has 0 saturated heterocycles. The molecular formula is C14H29IOSi. The van der Waals surface area contributed by atoms with E-state index in [9.17, 15) is 0 Å². The molecule has 0 radical (unpaired) electrons. The molecule has 0 N–H and O–H groups in total. The lowest BCUT2D eigenvalue weighted by atomic mass is 10.0. The second kappa shape index (κ2) is 6.71. The van der Waals surface area contributed by atoms with E-state index in [1.807, 2.05) is 0 Å². The summed E-state index contributed by atoms with van der Waals surface area (Å²) in [6.07, 6.45) is 3.77. The molecular weight excluding hydrogens is 339 g/mol. The first-order valence-corrected chi connectivity index (χ1v) is 10.5. The van der Waals surface area contributed by atoms with Gasteiger partial charge in [0.2, 0.25) is 0 Å². The van der Waals surface area contributed by atoms with E-state index in [-0.39, 0.29) is 0 Å². The van der Waals surface area contributed by atoms with E-state index < -0.39 is 8.32 Å². The third-order valence-electron chi connectivity index (χ3n) is 3.73. The molecule has 0 aliphatic carbocycles. The maximum atomic E-state index is 6.51. The molecule has 0 amide bonds. The highest BCUT2D eigenvalue weighted by atomic mass is 127. The van der Waals surface area contributed by atoms with Crippen molar-refractivity contribution in [3.63, 3.8) is 0 Å². The molecule has 1 nitrogen and oxygen atoms in total. The molecule has 0 aromatic rings. The second-order valence-electron chi connectivity index (χ2n) is 6.44. The minimum atomic E-state index is -1.63. The van der Waals surface area contributed by atoms with Crippen LogP contribution in [-0.2, 0) is 4.43 Å². The Morgan fingerprint density at radius 1 is 1.35 bits per heavy atom. The Balaban J connectivity index is 4.78. The lowest BCUT2D eigenvalue weighted by Gasteiger charge is -2.40. The first-order chi connectivity index (χ1) is 7.51. The third kappa shape index (κ3) is 5.88. The SMILES string of the molecule is CC[C@H](O[Si](C)(C)C(C)(C)C)[C@H](C)/C=C(\C)I. The number of hydrogen-bond donors (Lipinski definition) is 0.